The number of hydrogen-bond donors (Lipinski definition) is 0. The molecule has 0 saturated heterocycles. The first-order chi connectivity index (χ1) is 25.3. The molecule has 51 heavy (non-hydrogen) atoms. The van der Waals surface area contributed by atoms with Gasteiger partial charge in [0.05, 0.1) is 17.1 Å². The second kappa shape index (κ2) is 10.9. The van der Waals surface area contributed by atoms with Crippen molar-refractivity contribution in [1.82, 2.24) is 0 Å². The molecule has 2 aliphatic heterocycles. The van der Waals surface area contributed by atoms with E-state index in [4.69, 9.17) is 13.9 Å². The number of furan rings is 1. The number of nitrogens with zero attached hydrogens (tertiary/aromatic N) is 1. The summed E-state index contributed by atoms with van der Waals surface area (Å²) in [7, 11) is 0. The van der Waals surface area contributed by atoms with Crippen molar-refractivity contribution in [1.29, 1.82) is 0 Å². The van der Waals surface area contributed by atoms with Gasteiger partial charge >= 0.3 is 0 Å². The molecule has 11 rings (SSSR count). The van der Waals surface area contributed by atoms with E-state index in [1.807, 2.05) is 24.3 Å². The van der Waals surface area contributed by atoms with Gasteiger partial charge in [-0.1, -0.05) is 133 Å². The fourth-order valence-corrected chi connectivity index (χ4v) is 8.15. The van der Waals surface area contributed by atoms with Crippen LogP contribution in [0.3, 0.4) is 0 Å². The molecule has 1 aromatic heterocycles. The van der Waals surface area contributed by atoms with E-state index in [0.29, 0.717) is 0 Å². The smallest absolute Gasteiger partial charge is 0.260 e. The zero-order valence-electron chi connectivity index (χ0n) is 27.4. The fourth-order valence-electron chi connectivity index (χ4n) is 8.15. The summed E-state index contributed by atoms with van der Waals surface area (Å²) in [4.78, 5) is 2.34. The fraction of sp³-hybridized carbons (Fsp3) is 0. The minimum atomic E-state index is -0.0105. The normalized spacial score (nSPS) is 12.6. The quantitative estimate of drug-likeness (QED) is 0.177. The van der Waals surface area contributed by atoms with Crippen LogP contribution in [-0.2, 0) is 0 Å². The first-order valence-electron chi connectivity index (χ1n) is 17.3. The predicted octanol–water partition coefficient (Wildman–Crippen LogP) is 10.6. The molecule has 0 N–H and O–H groups in total. The molecule has 238 valence electrons. The van der Waals surface area contributed by atoms with Crippen LogP contribution in [0.15, 0.2) is 174 Å². The van der Waals surface area contributed by atoms with E-state index in [1.54, 1.807) is 0 Å². The minimum absolute atomic E-state index is 0.0105. The monoisotopic (exact) mass is 653 g/mol. The van der Waals surface area contributed by atoms with Gasteiger partial charge in [0, 0.05) is 39.3 Å². The summed E-state index contributed by atoms with van der Waals surface area (Å²) in [6, 6.07) is 59.4. The van der Waals surface area contributed by atoms with Gasteiger partial charge in [0.25, 0.3) is 6.71 Å². The van der Waals surface area contributed by atoms with Crippen LogP contribution in [-0.4, -0.2) is 6.71 Å². The summed E-state index contributed by atoms with van der Waals surface area (Å²) >= 11 is 0. The zero-order valence-corrected chi connectivity index (χ0v) is 27.4. The van der Waals surface area contributed by atoms with Gasteiger partial charge in [0.1, 0.15) is 28.6 Å². The first kappa shape index (κ1) is 28.2. The Morgan fingerprint density at radius 2 is 1.10 bits per heavy atom. The van der Waals surface area contributed by atoms with Gasteiger partial charge < -0.3 is 18.8 Å². The van der Waals surface area contributed by atoms with E-state index in [1.165, 1.54) is 0 Å². The van der Waals surface area contributed by atoms with Gasteiger partial charge in [-0.2, -0.15) is 0 Å². The highest BCUT2D eigenvalue weighted by Gasteiger charge is 2.41. The van der Waals surface area contributed by atoms with Gasteiger partial charge in [0.15, 0.2) is 5.58 Å². The Bertz CT molecular complexity index is 2770. The molecule has 3 heterocycles. The van der Waals surface area contributed by atoms with Gasteiger partial charge in [-0.3, -0.25) is 0 Å². The average molecular weight is 654 g/mol. The molecule has 0 fully saturated rings. The van der Waals surface area contributed by atoms with E-state index >= 15 is 0 Å². The minimum Gasteiger partial charge on any atom is -0.458 e. The molecule has 0 amide bonds. The second-order valence-corrected chi connectivity index (χ2v) is 13.2. The average Bonchev–Trinajstić information content (AvgIpc) is 3.58. The number of benzene rings is 8. The van der Waals surface area contributed by atoms with E-state index < -0.39 is 0 Å². The third-order valence-electron chi connectivity index (χ3n) is 10.4. The summed E-state index contributed by atoms with van der Waals surface area (Å²) in [5.41, 5.74) is 10.1. The van der Waals surface area contributed by atoms with Crippen molar-refractivity contribution >= 4 is 72.9 Å². The van der Waals surface area contributed by atoms with Crippen molar-refractivity contribution in [2.24, 2.45) is 0 Å². The Morgan fingerprint density at radius 3 is 1.86 bits per heavy atom. The Kier molecular flexibility index (Phi) is 6.01. The van der Waals surface area contributed by atoms with E-state index in [0.717, 1.165) is 100 Å². The lowest BCUT2D eigenvalue weighted by Gasteiger charge is -2.35. The summed E-state index contributed by atoms with van der Waals surface area (Å²) in [5, 5.41) is 4.40. The van der Waals surface area contributed by atoms with E-state index in [-0.39, 0.29) is 6.71 Å². The standard InChI is InChI=1S/C46H28BNO3/c1-2-13-29(14-3-1)33-26-25-30-15-4-5-16-32(30)45(33)48(38-21-12-18-35-34-17-6-9-22-39(34)51-46(35)38)31-27-42-44-43(28-31)50-41-24-11-8-20-37(41)47(44)36-19-7-10-23-40(36)49-42/h1-28H. The van der Waals surface area contributed by atoms with Crippen molar-refractivity contribution < 1.29 is 13.9 Å². The number of hydrogen-bond acceptors (Lipinski definition) is 4. The van der Waals surface area contributed by atoms with E-state index in [9.17, 15) is 0 Å². The number of rotatable bonds is 4. The second-order valence-electron chi connectivity index (χ2n) is 13.2. The maximum atomic E-state index is 6.81. The van der Waals surface area contributed by atoms with Crippen LogP contribution in [0.2, 0.25) is 0 Å². The maximum absolute atomic E-state index is 6.81. The van der Waals surface area contributed by atoms with Crippen molar-refractivity contribution in [3.05, 3.63) is 170 Å². The van der Waals surface area contributed by atoms with E-state index in [2.05, 4.69) is 150 Å². The van der Waals surface area contributed by atoms with Crippen LogP contribution in [0.5, 0.6) is 23.0 Å². The zero-order chi connectivity index (χ0) is 33.5. The van der Waals surface area contributed by atoms with Crippen LogP contribution in [0.25, 0.3) is 43.8 Å². The molecule has 2 aliphatic rings. The molecule has 5 heteroatoms. The Balaban J connectivity index is 1.25. The Hall–Kier alpha value is -6.72. The van der Waals surface area contributed by atoms with Gasteiger partial charge in [-0.05, 0) is 46.1 Å². The third kappa shape index (κ3) is 4.22. The highest BCUT2D eigenvalue weighted by atomic mass is 16.5. The Morgan fingerprint density at radius 1 is 0.471 bits per heavy atom. The van der Waals surface area contributed by atoms with Crippen LogP contribution in [0.4, 0.5) is 17.1 Å². The molecular weight excluding hydrogens is 625 g/mol. The summed E-state index contributed by atoms with van der Waals surface area (Å²) < 4.78 is 20.4. The van der Waals surface area contributed by atoms with Crippen LogP contribution < -0.4 is 30.8 Å². The summed E-state index contributed by atoms with van der Waals surface area (Å²) in [6.45, 7) is -0.0105. The largest absolute Gasteiger partial charge is 0.458 e. The third-order valence-corrected chi connectivity index (χ3v) is 10.4. The molecule has 4 nitrogen and oxygen atoms in total. The summed E-state index contributed by atoms with van der Waals surface area (Å²) in [6.07, 6.45) is 0. The lowest BCUT2D eigenvalue weighted by atomic mass is 9.35. The molecule has 9 aromatic rings. The Labute approximate surface area is 294 Å². The number of para-hydroxylation sites is 4. The molecule has 0 unspecified atom stereocenters. The number of ether oxygens (including phenoxy) is 2. The van der Waals surface area contributed by atoms with Crippen molar-refractivity contribution in [3.8, 4) is 34.1 Å². The van der Waals surface area contributed by atoms with Crippen molar-refractivity contribution in [2.45, 2.75) is 0 Å². The number of fused-ring (bicyclic) bond motifs is 8. The SMILES string of the molecule is c1ccc(-c2ccc3ccccc3c2N(c2cc3c4c(c2)Oc2ccccc2B4c2ccccc2O3)c2cccc3c2oc2ccccc23)cc1. The lowest BCUT2D eigenvalue weighted by Crippen LogP contribution is -2.57. The predicted molar refractivity (Wildman–Crippen MR) is 209 cm³/mol. The maximum Gasteiger partial charge on any atom is 0.260 e. The first-order valence-corrected chi connectivity index (χ1v) is 17.3. The number of anilines is 3. The highest BCUT2D eigenvalue weighted by molar-refractivity contribution is 6.98. The molecular formula is C46H28BNO3. The van der Waals surface area contributed by atoms with Crippen LogP contribution >= 0.6 is 0 Å². The molecule has 0 aliphatic carbocycles. The van der Waals surface area contributed by atoms with Gasteiger partial charge in [-0.15, -0.1) is 0 Å². The molecule has 0 radical (unpaired) electrons. The molecule has 8 aromatic carbocycles. The van der Waals surface area contributed by atoms with Gasteiger partial charge in [0.2, 0.25) is 0 Å². The van der Waals surface area contributed by atoms with Crippen LogP contribution in [0, 0.1) is 0 Å². The van der Waals surface area contributed by atoms with Crippen LogP contribution in [0.1, 0.15) is 0 Å². The highest BCUT2D eigenvalue weighted by Crippen LogP contribution is 2.50. The molecule has 0 atom stereocenters. The molecule has 0 spiro atoms. The topological polar surface area (TPSA) is 34.8 Å². The molecule has 0 bridgehead atoms. The van der Waals surface area contributed by atoms with Gasteiger partial charge in [-0.25, -0.2) is 0 Å². The van der Waals surface area contributed by atoms with Crippen molar-refractivity contribution in [2.75, 3.05) is 4.90 Å². The molecule has 0 saturated carbocycles. The summed E-state index contributed by atoms with van der Waals surface area (Å²) in [5.74, 6) is 3.28. The lowest BCUT2D eigenvalue weighted by molar-refractivity contribution is 0.465. The van der Waals surface area contributed by atoms with Crippen molar-refractivity contribution in [3.63, 3.8) is 0 Å².